The summed E-state index contributed by atoms with van der Waals surface area (Å²) >= 11 is 0. The van der Waals surface area contributed by atoms with Crippen molar-refractivity contribution in [2.24, 2.45) is 0 Å². The number of nitriles is 1. The maximum atomic E-state index is 9.72. The minimum absolute atomic E-state index is 0.551. The molecule has 0 saturated heterocycles. The van der Waals surface area contributed by atoms with Gasteiger partial charge in [0.05, 0.1) is 17.7 Å². The molecule has 17 heavy (non-hydrogen) atoms. The molecule has 0 aliphatic rings. The number of hydrogen-bond donors (Lipinski definition) is 1. The van der Waals surface area contributed by atoms with E-state index >= 15 is 0 Å². The Morgan fingerprint density at radius 1 is 1.59 bits per heavy atom. The van der Waals surface area contributed by atoms with Crippen LogP contribution in [0.5, 0.6) is 0 Å². The Kier molecular flexibility index (Phi) is 4.30. The van der Waals surface area contributed by atoms with E-state index in [1.807, 2.05) is 18.9 Å². The van der Waals surface area contributed by atoms with Crippen molar-refractivity contribution in [3.8, 4) is 6.07 Å². The molecular formula is C14H18N2O. The number of aliphatic hydroxyl groups excluding tert-OH is 1. The predicted octanol–water partition coefficient (Wildman–Crippen LogP) is 2.62. The van der Waals surface area contributed by atoms with Crippen molar-refractivity contribution in [2.45, 2.75) is 20.0 Å². The smallest absolute Gasteiger partial charge is 0.0992 e. The third kappa shape index (κ3) is 3.33. The van der Waals surface area contributed by atoms with Crippen molar-refractivity contribution < 1.29 is 5.11 Å². The standard InChI is InChI=1S/C14H18N2O/c1-10(2)9-16(4)14-7-12(8-15)5-6-13(14)11(3)17/h5-7,11,17H,1,9H2,2-4H3/t11-/m1/s1. The van der Waals surface area contributed by atoms with E-state index in [9.17, 15) is 5.11 Å². The van der Waals surface area contributed by atoms with Gasteiger partial charge in [-0.3, -0.25) is 0 Å². The predicted molar refractivity (Wildman–Crippen MR) is 69.9 cm³/mol. The molecule has 0 aliphatic heterocycles. The summed E-state index contributed by atoms with van der Waals surface area (Å²) in [6.45, 7) is 8.24. The van der Waals surface area contributed by atoms with E-state index in [1.165, 1.54) is 0 Å². The molecule has 0 aliphatic carbocycles. The second kappa shape index (κ2) is 5.51. The van der Waals surface area contributed by atoms with Crippen molar-refractivity contribution in [2.75, 3.05) is 18.5 Å². The summed E-state index contributed by atoms with van der Waals surface area (Å²) in [5, 5.41) is 18.6. The topological polar surface area (TPSA) is 47.3 Å². The van der Waals surface area contributed by atoms with Crippen LogP contribution in [0, 0.1) is 11.3 Å². The van der Waals surface area contributed by atoms with Crippen molar-refractivity contribution >= 4 is 5.69 Å². The molecule has 1 N–H and O–H groups in total. The van der Waals surface area contributed by atoms with E-state index in [0.29, 0.717) is 12.1 Å². The fraction of sp³-hybridized carbons (Fsp3) is 0.357. The number of nitrogens with zero attached hydrogens (tertiary/aromatic N) is 2. The van der Waals surface area contributed by atoms with Gasteiger partial charge in [0.1, 0.15) is 0 Å². The van der Waals surface area contributed by atoms with Gasteiger partial charge in [-0.05, 0) is 26.0 Å². The summed E-state index contributed by atoms with van der Waals surface area (Å²) in [6, 6.07) is 7.43. The average molecular weight is 230 g/mol. The second-order valence-electron chi connectivity index (χ2n) is 4.37. The lowest BCUT2D eigenvalue weighted by atomic mass is 10.0. The molecule has 0 radical (unpaired) electrons. The first kappa shape index (κ1) is 13.3. The number of hydrogen-bond acceptors (Lipinski definition) is 3. The molecule has 0 heterocycles. The van der Waals surface area contributed by atoms with Gasteiger partial charge in [-0.1, -0.05) is 18.2 Å². The molecule has 0 spiro atoms. The summed E-state index contributed by atoms with van der Waals surface area (Å²) in [5.41, 5.74) is 3.33. The van der Waals surface area contributed by atoms with Gasteiger partial charge in [-0.2, -0.15) is 5.26 Å². The minimum atomic E-state index is -0.551. The molecule has 0 bridgehead atoms. The Morgan fingerprint density at radius 2 is 2.24 bits per heavy atom. The molecule has 0 aromatic heterocycles. The van der Waals surface area contributed by atoms with Crippen LogP contribution in [0.3, 0.4) is 0 Å². The van der Waals surface area contributed by atoms with Gasteiger partial charge in [0.2, 0.25) is 0 Å². The molecule has 1 rings (SSSR count). The van der Waals surface area contributed by atoms with Crippen LogP contribution in [0.1, 0.15) is 31.1 Å². The molecule has 0 unspecified atom stereocenters. The largest absolute Gasteiger partial charge is 0.389 e. The zero-order valence-electron chi connectivity index (χ0n) is 10.6. The van der Waals surface area contributed by atoms with Crippen LogP contribution in [-0.4, -0.2) is 18.7 Å². The number of benzene rings is 1. The van der Waals surface area contributed by atoms with E-state index in [4.69, 9.17) is 5.26 Å². The van der Waals surface area contributed by atoms with E-state index in [-0.39, 0.29) is 0 Å². The van der Waals surface area contributed by atoms with E-state index in [1.54, 1.807) is 25.1 Å². The molecule has 0 amide bonds. The minimum Gasteiger partial charge on any atom is -0.389 e. The molecule has 3 nitrogen and oxygen atoms in total. The molecule has 0 fully saturated rings. The monoisotopic (exact) mass is 230 g/mol. The van der Waals surface area contributed by atoms with E-state index < -0.39 is 6.10 Å². The molecule has 3 heteroatoms. The molecule has 0 saturated carbocycles. The Morgan fingerprint density at radius 3 is 2.71 bits per heavy atom. The van der Waals surface area contributed by atoms with Crippen LogP contribution in [-0.2, 0) is 0 Å². The third-order valence-corrected chi connectivity index (χ3v) is 2.53. The molecule has 1 aromatic rings. The van der Waals surface area contributed by atoms with Crippen molar-refractivity contribution in [1.29, 1.82) is 5.26 Å². The summed E-state index contributed by atoms with van der Waals surface area (Å²) in [4.78, 5) is 1.99. The summed E-state index contributed by atoms with van der Waals surface area (Å²) in [6.07, 6.45) is -0.551. The summed E-state index contributed by atoms with van der Waals surface area (Å²) in [7, 11) is 1.93. The Hall–Kier alpha value is -1.79. The molecule has 1 atom stereocenters. The maximum absolute atomic E-state index is 9.72. The number of likely N-dealkylation sites (N-methyl/N-ethyl adjacent to an activating group) is 1. The van der Waals surface area contributed by atoms with Crippen molar-refractivity contribution in [3.63, 3.8) is 0 Å². The number of rotatable bonds is 4. The van der Waals surface area contributed by atoms with Crippen LogP contribution in [0.4, 0.5) is 5.69 Å². The quantitative estimate of drug-likeness (QED) is 0.809. The normalized spacial score (nSPS) is 11.7. The maximum Gasteiger partial charge on any atom is 0.0992 e. The lowest BCUT2D eigenvalue weighted by molar-refractivity contribution is 0.199. The molecule has 1 aromatic carbocycles. The van der Waals surface area contributed by atoms with Crippen LogP contribution < -0.4 is 4.90 Å². The van der Waals surface area contributed by atoms with Gasteiger partial charge in [0.25, 0.3) is 0 Å². The number of aliphatic hydroxyl groups is 1. The van der Waals surface area contributed by atoms with Crippen LogP contribution >= 0.6 is 0 Å². The highest BCUT2D eigenvalue weighted by Gasteiger charge is 2.12. The highest BCUT2D eigenvalue weighted by Crippen LogP contribution is 2.27. The fourth-order valence-electron chi connectivity index (χ4n) is 1.79. The van der Waals surface area contributed by atoms with Gasteiger partial charge >= 0.3 is 0 Å². The Bertz CT molecular complexity index is 458. The number of anilines is 1. The van der Waals surface area contributed by atoms with E-state index in [2.05, 4.69) is 12.6 Å². The van der Waals surface area contributed by atoms with E-state index in [0.717, 1.165) is 16.8 Å². The Labute approximate surface area is 103 Å². The SMILES string of the molecule is C=C(C)CN(C)c1cc(C#N)ccc1[C@@H](C)O. The summed E-state index contributed by atoms with van der Waals surface area (Å²) < 4.78 is 0. The van der Waals surface area contributed by atoms with Crippen LogP contribution in [0.15, 0.2) is 30.4 Å². The highest BCUT2D eigenvalue weighted by molar-refractivity contribution is 5.58. The lowest BCUT2D eigenvalue weighted by Crippen LogP contribution is -2.21. The molecular weight excluding hydrogens is 212 g/mol. The Balaban J connectivity index is 3.18. The first-order chi connectivity index (χ1) is 7.95. The molecule has 90 valence electrons. The van der Waals surface area contributed by atoms with Gasteiger partial charge in [-0.15, -0.1) is 0 Å². The van der Waals surface area contributed by atoms with Gasteiger partial charge in [-0.25, -0.2) is 0 Å². The first-order valence-corrected chi connectivity index (χ1v) is 5.53. The van der Waals surface area contributed by atoms with Crippen LogP contribution in [0.2, 0.25) is 0 Å². The average Bonchev–Trinajstić information content (AvgIpc) is 2.27. The van der Waals surface area contributed by atoms with Crippen molar-refractivity contribution in [1.82, 2.24) is 0 Å². The lowest BCUT2D eigenvalue weighted by Gasteiger charge is -2.24. The summed E-state index contributed by atoms with van der Waals surface area (Å²) in [5.74, 6) is 0. The zero-order chi connectivity index (χ0) is 13.0. The fourth-order valence-corrected chi connectivity index (χ4v) is 1.79. The van der Waals surface area contributed by atoms with Gasteiger partial charge in [0, 0.05) is 24.8 Å². The first-order valence-electron chi connectivity index (χ1n) is 5.53. The second-order valence-corrected chi connectivity index (χ2v) is 4.37. The zero-order valence-corrected chi connectivity index (χ0v) is 10.6. The van der Waals surface area contributed by atoms with Gasteiger partial charge < -0.3 is 10.0 Å². The highest BCUT2D eigenvalue weighted by atomic mass is 16.3. The third-order valence-electron chi connectivity index (χ3n) is 2.53. The van der Waals surface area contributed by atoms with Gasteiger partial charge in [0.15, 0.2) is 0 Å². The van der Waals surface area contributed by atoms with Crippen molar-refractivity contribution in [3.05, 3.63) is 41.5 Å². The van der Waals surface area contributed by atoms with Crippen LogP contribution in [0.25, 0.3) is 0 Å².